The third kappa shape index (κ3) is 8.13. The number of hydrogen-bond acceptors (Lipinski definition) is 3. The van der Waals surface area contributed by atoms with E-state index in [1.165, 1.54) is 37.7 Å². The second kappa shape index (κ2) is 13.7. The predicted octanol–water partition coefficient (Wildman–Crippen LogP) is 5.10. The molecule has 0 unspecified atom stereocenters. The molecule has 1 aromatic rings. The first-order chi connectivity index (χ1) is 16.1. The molecule has 0 bridgehead atoms. The van der Waals surface area contributed by atoms with Gasteiger partial charge in [-0.15, -0.1) is 0 Å². The van der Waals surface area contributed by atoms with E-state index >= 15 is 0 Å². The van der Waals surface area contributed by atoms with Gasteiger partial charge in [-0.1, -0.05) is 69.4 Å². The lowest BCUT2D eigenvalue weighted by atomic mass is 9.92. The van der Waals surface area contributed by atoms with Crippen LogP contribution in [0, 0.1) is 5.92 Å². The fraction of sp³-hybridized carbons (Fsp3) is 0.714. The molecule has 2 heterocycles. The van der Waals surface area contributed by atoms with Gasteiger partial charge in [-0.05, 0) is 50.8 Å². The van der Waals surface area contributed by atoms with Crippen LogP contribution in [0.5, 0.6) is 0 Å². The third-order valence-corrected chi connectivity index (χ3v) is 7.60. The van der Waals surface area contributed by atoms with Gasteiger partial charge in [-0.3, -0.25) is 9.59 Å². The summed E-state index contributed by atoms with van der Waals surface area (Å²) in [4.78, 5) is 32.0. The molecule has 0 N–H and O–H groups in total. The zero-order chi connectivity index (χ0) is 23.5. The van der Waals surface area contributed by atoms with E-state index < -0.39 is 0 Å². The zero-order valence-corrected chi connectivity index (χ0v) is 21.0. The SMILES string of the molecule is CCCCCCCCC(=O)N1CCC(N2CCC(C(=O)N(C)Cc3ccccc3)CC2)CC1. The predicted molar refractivity (Wildman–Crippen MR) is 135 cm³/mol. The van der Waals surface area contributed by atoms with Crippen LogP contribution in [0.1, 0.15) is 83.1 Å². The minimum absolute atomic E-state index is 0.147. The standard InChI is InChI=1S/C28H45N3O2/c1-3-4-5-6-7-11-14-27(32)31-21-17-26(18-22-31)30-19-15-25(16-20-30)28(33)29(2)23-24-12-9-8-10-13-24/h8-10,12-13,25-26H,3-7,11,14-23H2,1-2H3. The highest BCUT2D eigenvalue weighted by Crippen LogP contribution is 2.26. The van der Waals surface area contributed by atoms with E-state index in [4.69, 9.17) is 0 Å². The van der Waals surface area contributed by atoms with Gasteiger partial charge in [0, 0.05) is 45.1 Å². The van der Waals surface area contributed by atoms with Crippen molar-refractivity contribution >= 4 is 11.8 Å². The van der Waals surface area contributed by atoms with Crippen molar-refractivity contribution in [2.75, 3.05) is 33.2 Å². The molecular weight excluding hydrogens is 410 g/mol. The monoisotopic (exact) mass is 455 g/mol. The van der Waals surface area contributed by atoms with Crippen molar-refractivity contribution in [2.45, 2.75) is 90.1 Å². The molecule has 1 aromatic carbocycles. The van der Waals surface area contributed by atoms with Crippen LogP contribution in [0.25, 0.3) is 0 Å². The maximum Gasteiger partial charge on any atom is 0.225 e. The number of likely N-dealkylation sites (tertiary alicyclic amines) is 2. The first-order valence-corrected chi connectivity index (χ1v) is 13.4. The van der Waals surface area contributed by atoms with Crippen LogP contribution in [-0.4, -0.2) is 65.8 Å². The first kappa shape index (κ1) is 25.7. The Kier molecular flexibility index (Phi) is 10.7. The van der Waals surface area contributed by atoms with Crippen molar-refractivity contribution in [1.82, 2.24) is 14.7 Å². The van der Waals surface area contributed by atoms with Crippen LogP contribution >= 0.6 is 0 Å². The van der Waals surface area contributed by atoms with Gasteiger partial charge in [-0.2, -0.15) is 0 Å². The van der Waals surface area contributed by atoms with Gasteiger partial charge >= 0.3 is 0 Å². The quantitative estimate of drug-likeness (QED) is 0.436. The van der Waals surface area contributed by atoms with Crippen LogP contribution in [0.15, 0.2) is 30.3 Å². The summed E-state index contributed by atoms with van der Waals surface area (Å²) >= 11 is 0. The lowest BCUT2D eigenvalue weighted by molar-refractivity contribution is -0.137. The van der Waals surface area contributed by atoms with Gasteiger partial charge in [-0.25, -0.2) is 0 Å². The molecule has 0 atom stereocenters. The summed E-state index contributed by atoms with van der Waals surface area (Å²) in [7, 11) is 1.93. The second-order valence-corrected chi connectivity index (χ2v) is 10.1. The minimum atomic E-state index is 0.147. The Bertz CT molecular complexity index is 707. The van der Waals surface area contributed by atoms with Gasteiger partial charge in [0.15, 0.2) is 0 Å². The van der Waals surface area contributed by atoms with Crippen molar-refractivity contribution < 1.29 is 9.59 Å². The van der Waals surface area contributed by atoms with Crippen LogP contribution < -0.4 is 0 Å². The summed E-state index contributed by atoms with van der Waals surface area (Å²) < 4.78 is 0. The summed E-state index contributed by atoms with van der Waals surface area (Å²) in [5.41, 5.74) is 1.18. The van der Waals surface area contributed by atoms with E-state index in [0.717, 1.165) is 64.7 Å². The molecule has 2 aliphatic rings. The average Bonchev–Trinajstić information content (AvgIpc) is 2.86. The Labute approximate surface area is 201 Å². The third-order valence-electron chi connectivity index (χ3n) is 7.60. The highest BCUT2D eigenvalue weighted by molar-refractivity contribution is 5.78. The molecular formula is C28H45N3O2. The van der Waals surface area contributed by atoms with Crippen LogP contribution in [0.4, 0.5) is 0 Å². The lowest BCUT2D eigenvalue weighted by Gasteiger charge is -2.42. The molecule has 2 fully saturated rings. The first-order valence-electron chi connectivity index (χ1n) is 13.4. The summed E-state index contributed by atoms with van der Waals surface area (Å²) in [5, 5.41) is 0. The van der Waals surface area contributed by atoms with E-state index in [9.17, 15) is 9.59 Å². The fourth-order valence-electron chi connectivity index (χ4n) is 5.45. The molecule has 2 saturated heterocycles. The largest absolute Gasteiger partial charge is 0.343 e. The number of carbonyl (C=O) groups is 2. The minimum Gasteiger partial charge on any atom is -0.343 e. The average molecular weight is 456 g/mol. The van der Waals surface area contributed by atoms with Gasteiger partial charge < -0.3 is 14.7 Å². The molecule has 5 nitrogen and oxygen atoms in total. The van der Waals surface area contributed by atoms with E-state index in [1.807, 2.05) is 30.1 Å². The van der Waals surface area contributed by atoms with Crippen LogP contribution in [0.3, 0.4) is 0 Å². The fourth-order valence-corrected chi connectivity index (χ4v) is 5.45. The van der Waals surface area contributed by atoms with Crippen molar-refractivity contribution in [3.8, 4) is 0 Å². The Balaban J connectivity index is 1.32. The van der Waals surface area contributed by atoms with Crippen molar-refractivity contribution in [2.24, 2.45) is 5.92 Å². The number of benzene rings is 1. The Morgan fingerprint density at radius 1 is 0.879 bits per heavy atom. The second-order valence-electron chi connectivity index (χ2n) is 10.1. The number of piperidine rings is 2. The molecule has 33 heavy (non-hydrogen) atoms. The molecule has 2 aliphatic heterocycles. The van der Waals surface area contributed by atoms with Crippen molar-refractivity contribution in [1.29, 1.82) is 0 Å². The maximum atomic E-state index is 12.9. The summed E-state index contributed by atoms with van der Waals surface area (Å²) in [6.45, 7) is 6.74. The van der Waals surface area contributed by atoms with Crippen LogP contribution in [-0.2, 0) is 16.1 Å². The van der Waals surface area contributed by atoms with Gasteiger partial charge in [0.25, 0.3) is 0 Å². The molecule has 5 heteroatoms. The van der Waals surface area contributed by atoms with E-state index in [1.54, 1.807) is 0 Å². The highest BCUT2D eigenvalue weighted by atomic mass is 16.2. The number of amides is 2. The van der Waals surface area contributed by atoms with Crippen molar-refractivity contribution in [3.05, 3.63) is 35.9 Å². The maximum absolute atomic E-state index is 12.9. The smallest absolute Gasteiger partial charge is 0.225 e. The van der Waals surface area contributed by atoms with Crippen LogP contribution in [0.2, 0.25) is 0 Å². The number of rotatable bonds is 11. The Morgan fingerprint density at radius 3 is 2.18 bits per heavy atom. The molecule has 0 aromatic heterocycles. The number of carbonyl (C=O) groups excluding carboxylic acids is 2. The molecule has 0 aliphatic carbocycles. The van der Waals surface area contributed by atoms with E-state index in [0.29, 0.717) is 18.5 Å². The normalized spacial score (nSPS) is 18.4. The summed E-state index contributed by atoms with van der Waals surface area (Å²) in [6, 6.07) is 10.8. The lowest BCUT2D eigenvalue weighted by Crippen LogP contribution is -2.50. The Morgan fingerprint density at radius 2 is 1.52 bits per heavy atom. The van der Waals surface area contributed by atoms with E-state index in [-0.39, 0.29) is 11.8 Å². The van der Waals surface area contributed by atoms with E-state index in [2.05, 4.69) is 28.9 Å². The molecule has 184 valence electrons. The molecule has 0 spiro atoms. The molecule has 3 rings (SSSR count). The number of hydrogen-bond donors (Lipinski definition) is 0. The van der Waals surface area contributed by atoms with Gasteiger partial charge in [0.05, 0.1) is 0 Å². The van der Waals surface area contributed by atoms with Crippen molar-refractivity contribution in [3.63, 3.8) is 0 Å². The Hall–Kier alpha value is -1.88. The molecule has 2 amide bonds. The topological polar surface area (TPSA) is 43.9 Å². The zero-order valence-electron chi connectivity index (χ0n) is 21.0. The summed E-state index contributed by atoms with van der Waals surface area (Å²) in [6.07, 6.45) is 12.2. The summed E-state index contributed by atoms with van der Waals surface area (Å²) in [5.74, 6) is 0.789. The molecule has 0 saturated carbocycles. The number of nitrogens with zero attached hydrogens (tertiary/aromatic N) is 3. The molecule has 0 radical (unpaired) electrons. The highest BCUT2D eigenvalue weighted by Gasteiger charge is 2.32. The van der Waals surface area contributed by atoms with Gasteiger partial charge in [0.1, 0.15) is 0 Å². The number of unbranched alkanes of at least 4 members (excludes halogenated alkanes) is 5. The van der Waals surface area contributed by atoms with Gasteiger partial charge in [0.2, 0.25) is 11.8 Å².